The zero-order chi connectivity index (χ0) is 15.1. The molecule has 1 aromatic carbocycles. The van der Waals surface area contributed by atoms with Crippen LogP contribution in [0.1, 0.15) is 24.7 Å². The molecule has 114 valence electrons. The Labute approximate surface area is 130 Å². The molecule has 0 aliphatic rings. The normalized spacial score (nSPS) is 14.0. The summed E-state index contributed by atoms with van der Waals surface area (Å²) in [5, 5.41) is 13.5. The molecule has 0 amide bonds. The van der Waals surface area contributed by atoms with Gasteiger partial charge in [0.2, 0.25) is 0 Å². The number of furan rings is 1. The second kappa shape index (κ2) is 7.69. The molecule has 0 saturated heterocycles. The van der Waals surface area contributed by atoms with Crippen LogP contribution in [0.4, 0.5) is 0 Å². The standard InChI is InChI=1S/C17H23NO2S/c1-3-18-17(13-19,15-7-5-4-6-8-15)10-12-21-16-9-11-20-14(16)2/h4-9,11,18-19H,3,10,12-13H2,1-2H3. The summed E-state index contributed by atoms with van der Waals surface area (Å²) >= 11 is 1.77. The molecule has 4 heteroatoms. The van der Waals surface area contributed by atoms with E-state index in [0.717, 1.165) is 30.0 Å². The van der Waals surface area contributed by atoms with Crippen molar-refractivity contribution < 1.29 is 9.52 Å². The van der Waals surface area contributed by atoms with E-state index in [2.05, 4.69) is 24.4 Å². The number of thioether (sulfide) groups is 1. The van der Waals surface area contributed by atoms with Crippen LogP contribution >= 0.6 is 11.8 Å². The highest BCUT2D eigenvalue weighted by Gasteiger charge is 2.30. The van der Waals surface area contributed by atoms with Crippen LogP contribution in [0.25, 0.3) is 0 Å². The number of aliphatic hydroxyl groups is 1. The second-order valence-electron chi connectivity index (χ2n) is 5.08. The molecule has 0 bridgehead atoms. The first-order valence-corrected chi connectivity index (χ1v) is 8.28. The van der Waals surface area contributed by atoms with E-state index in [1.807, 2.05) is 31.2 Å². The summed E-state index contributed by atoms with van der Waals surface area (Å²) in [6.45, 7) is 4.96. The monoisotopic (exact) mass is 305 g/mol. The fraction of sp³-hybridized carbons (Fsp3) is 0.412. The van der Waals surface area contributed by atoms with E-state index in [1.165, 1.54) is 4.90 Å². The minimum Gasteiger partial charge on any atom is -0.468 e. The van der Waals surface area contributed by atoms with Crippen molar-refractivity contribution in [2.45, 2.75) is 30.7 Å². The summed E-state index contributed by atoms with van der Waals surface area (Å²) in [6, 6.07) is 12.2. The van der Waals surface area contributed by atoms with Crippen molar-refractivity contribution in [2.24, 2.45) is 0 Å². The minimum absolute atomic E-state index is 0.0930. The van der Waals surface area contributed by atoms with Gasteiger partial charge in [0.15, 0.2) is 0 Å². The molecule has 0 aliphatic heterocycles. The summed E-state index contributed by atoms with van der Waals surface area (Å²) in [5.41, 5.74) is 0.763. The molecule has 0 radical (unpaired) electrons. The first-order chi connectivity index (χ1) is 10.2. The van der Waals surface area contributed by atoms with Gasteiger partial charge >= 0.3 is 0 Å². The molecular formula is C17H23NO2S. The molecule has 3 nitrogen and oxygen atoms in total. The molecule has 1 aromatic heterocycles. The predicted molar refractivity (Wildman–Crippen MR) is 87.7 cm³/mol. The van der Waals surface area contributed by atoms with Gasteiger partial charge in [-0.25, -0.2) is 0 Å². The first kappa shape index (κ1) is 16.1. The van der Waals surface area contributed by atoms with Crippen LogP contribution in [0, 0.1) is 6.92 Å². The van der Waals surface area contributed by atoms with Crippen LogP contribution < -0.4 is 5.32 Å². The van der Waals surface area contributed by atoms with Gasteiger partial charge in [-0.3, -0.25) is 0 Å². The fourth-order valence-electron chi connectivity index (χ4n) is 2.51. The Bertz CT molecular complexity index is 541. The number of hydrogen-bond acceptors (Lipinski definition) is 4. The zero-order valence-electron chi connectivity index (χ0n) is 12.6. The van der Waals surface area contributed by atoms with Gasteiger partial charge in [0.1, 0.15) is 5.76 Å². The van der Waals surface area contributed by atoms with E-state index < -0.39 is 0 Å². The molecule has 0 spiro atoms. The molecule has 21 heavy (non-hydrogen) atoms. The lowest BCUT2D eigenvalue weighted by molar-refractivity contribution is 0.158. The largest absolute Gasteiger partial charge is 0.468 e. The van der Waals surface area contributed by atoms with Gasteiger partial charge in [0.05, 0.1) is 18.4 Å². The Morgan fingerprint density at radius 1 is 1.24 bits per heavy atom. The summed E-state index contributed by atoms with van der Waals surface area (Å²) in [7, 11) is 0. The molecule has 1 unspecified atom stereocenters. The van der Waals surface area contributed by atoms with E-state index in [0.29, 0.717) is 0 Å². The summed E-state index contributed by atoms with van der Waals surface area (Å²) in [6.07, 6.45) is 2.58. The predicted octanol–water partition coefficient (Wildman–Crippen LogP) is 3.57. The average Bonchev–Trinajstić information content (AvgIpc) is 2.92. The molecule has 0 aliphatic carbocycles. The maximum atomic E-state index is 9.98. The summed E-state index contributed by atoms with van der Waals surface area (Å²) in [5.74, 6) is 1.88. The summed E-state index contributed by atoms with van der Waals surface area (Å²) in [4.78, 5) is 1.17. The van der Waals surface area contributed by atoms with E-state index in [1.54, 1.807) is 18.0 Å². The molecule has 1 atom stereocenters. The molecular weight excluding hydrogens is 282 g/mol. The Kier molecular flexibility index (Phi) is 5.91. The Balaban J connectivity index is 2.08. The topological polar surface area (TPSA) is 45.4 Å². The lowest BCUT2D eigenvalue weighted by Crippen LogP contribution is -2.46. The van der Waals surface area contributed by atoms with Crippen molar-refractivity contribution in [3.05, 3.63) is 54.0 Å². The Morgan fingerprint density at radius 3 is 2.57 bits per heavy atom. The van der Waals surface area contributed by atoms with E-state index in [9.17, 15) is 5.11 Å². The van der Waals surface area contributed by atoms with E-state index in [4.69, 9.17) is 4.42 Å². The Morgan fingerprint density at radius 2 is 2.00 bits per heavy atom. The fourth-order valence-corrected chi connectivity index (χ4v) is 3.59. The highest BCUT2D eigenvalue weighted by atomic mass is 32.2. The first-order valence-electron chi connectivity index (χ1n) is 7.30. The van der Waals surface area contributed by atoms with E-state index >= 15 is 0 Å². The van der Waals surface area contributed by atoms with Gasteiger partial charge in [0.25, 0.3) is 0 Å². The number of likely N-dealkylation sites (N-methyl/N-ethyl adjacent to an activating group) is 1. The molecule has 2 rings (SSSR count). The van der Waals surface area contributed by atoms with E-state index in [-0.39, 0.29) is 12.1 Å². The number of hydrogen-bond donors (Lipinski definition) is 2. The molecule has 1 heterocycles. The summed E-state index contributed by atoms with van der Waals surface area (Å²) < 4.78 is 5.32. The van der Waals surface area contributed by atoms with Gasteiger partial charge in [0, 0.05) is 10.6 Å². The maximum absolute atomic E-state index is 9.98. The third-order valence-corrected chi connectivity index (χ3v) is 4.85. The minimum atomic E-state index is -0.374. The van der Waals surface area contributed by atoms with Crippen LogP contribution in [0.15, 0.2) is 52.0 Å². The van der Waals surface area contributed by atoms with Gasteiger partial charge in [-0.05, 0) is 31.5 Å². The number of aliphatic hydroxyl groups excluding tert-OH is 1. The number of benzene rings is 1. The van der Waals surface area contributed by atoms with Crippen molar-refractivity contribution >= 4 is 11.8 Å². The zero-order valence-corrected chi connectivity index (χ0v) is 13.5. The van der Waals surface area contributed by atoms with Crippen LogP contribution in [0.3, 0.4) is 0 Å². The maximum Gasteiger partial charge on any atom is 0.114 e. The lowest BCUT2D eigenvalue weighted by Gasteiger charge is -2.33. The van der Waals surface area contributed by atoms with Gasteiger partial charge in [-0.2, -0.15) is 0 Å². The SMILES string of the molecule is CCNC(CO)(CCSc1ccoc1C)c1ccccc1. The van der Waals surface area contributed by atoms with Crippen LogP contribution in [-0.2, 0) is 5.54 Å². The third-order valence-electron chi connectivity index (χ3n) is 3.71. The van der Waals surface area contributed by atoms with Crippen molar-refractivity contribution in [3.8, 4) is 0 Å². The van der Waals surface area contributed by atoms with Gasteiger partial charge < -0.3 is 14.8 Å². The van der Waals surface area contributed by atoms with Crippen molar-refractivity contribution in [1.29, 1.82) is 0 Å². The highest BCUT2D eigenvalue weighted by Crippen LogP contribution is 2.30. The molecule has 0 saturated carbocycles. The highest BCUT2D eigenvalue weighted by molar-refractivity contribution is 7.99. The van der Waals surface area contributed by atoms with Crippen molar-refractivity contribution in [2.75, 3.05) is 18.9 Å². The molecule has 0 fully saturated rings. The Hall–Kier alpha value is -1.23. The van der Waals surface area contributed by atoms with Crippen LogP contribution in [0.5, 0.6) is 0 Å². The van der Waals surface area contributed by atoms with Gasteiger partial charge in [-0.1, -0.05) is 37.3 Å². The van der Waals surface area contributed by atoms with Gasteiger partial charge in [-0.15, -0.1) is 11.8 Å². The molecule has 2 aromatic rings. The second-order valence-corrected chi connectivity index (χ2v) is 6.21. The third kappa shape index (κ3) is 3.90. The smallest absolute Gasteiger partial charge is 0.114 e. The number of nitrogens with one attached hydrogen (secondary N) is 1. The number of rotatable bonds is 8. The lowest BCUT2D eigenvalue weighted by atomic mass is 9.88. The van der Waals surface area contributed by atoms with Crippen LogP contribution in [0.2, 0.25) is 0 Å². The van der Waals surface area contributed by atoms with Crippen molar-refractivity contribution in [3.63, 3.8) is 0 Å². The quantitative estimate of drug-likeness (QED) is 0.732. The molecule has 2 N–H and O–H groups in total. The average molecular weight is 305 g/mol. The van der Waals surface area contributed by atoms with Crippen molar-refractivity contribution in [1.82, 2.24) is 5.32 Å². The van der Waals surface area contributed by atoms with Crippen LogP contribution in [-0.4, -0.2) is 24.0 Å². The number of aryl methyl sites for hydroxylation is 1.